The number of rotatable bonds is 2. The van der Waals surface area contributed by atoms with Crippen molar-refractivity contribution in [1.29, 1.82) is 0 Å². The number of fused-ring (bicyclic) bond motifs is 4. The zero-order valence-corrected chi connectivity index (χ0v) is 22.2. The number of carbonyl (C=O) groups excluding carboxylic acids is 1. The minimum absolute atomic E-state index is 0.0151. The molecule has 0 spiro atoms. The van der Waals surface area contributed by atoms with E-state index >= 15 is 0 Å². The van der Waals surface area contributed by atoms with E-state index in [9.17, 15) is 14.7 Å². The highest BCUT2D eigenvalue weighted by atomic mass is 16.5. The summed E-state index contributed by atoms with van der Waals surface area (Å²) in [6.45, 7) is 15.5. The zero-order valence-electron chi connectivity index (χ0n) is 22.2. The molecule has 1 N–H and O–H groups in total. The number of ketones is 1. The molecular weight excluding hydrogens is 440 g/mol. The lowest BCUT2D eigenvalue weighted by Gasteiger charge is -2.57. The molecule has 190 valence electrons. The minimum Gasteiger partial charge on any atom is -0.489 e. The second-order valence-electron chi connectivity index (χ2n) is 13.7. The second kappa shape index (κ2) is 6.90. The zero-order chi connectivity index (χ0) is 25.3. The molecule has 4 aliphatic carbocycles. The van der Waals surface area contributed by atoms with Crippen molar-refractivity contribution in [2.75, 3.05) is 0 Å². The fraction of sp³-hybridized carbons (Fsp3) is 0.733. The van der Waals surface area contributed by atoms with Crippen molar-refractivity contribution in [3.05, 3.63) is 34.6 Å². The van der Waals surface area contributed by atoms with E-state index in [1.54, 1.807) is 12.5 Å². The van der Waals surface area contributed by atoms with E-state index in [-0.39, 0.29) is 51.7 Å². The molecule has 0 radical (unpaired) electrons. The fourth-order valence-electron chi connectivity index (χ4n) is 9.97. The van der Waals surface area contributed by atoms with Crippen LogP contribution in [0, 0.1) is 39.4 Å². The first-order chi connectivity index (χ1) is 16.2. The van der Waals surface area contributed by atoms with Gasteiger partial charge in [-0.05, 0) is 86.2 Å². The molecule has 1 saturated carbocycles. The van der Waals surface area contributed by atoms with Crippen LogP contribution in [0.1, 0.15) is 80.6 Å². The van der Waals surface area contributed by atoms with Crippen LogP contribution in [-0.2, 0) is 19.1 Å². The topological polar surface area (TPSA) is 72.8 Å². The van der Waals surface area contributed by atoms with Gasteiger partial charge >= 0.3 is 5.97 Å². The van der Waals surface area contributed by atoms with Crippen molar-refractivity contribution in [2.24, 2.45) is 39.4 Å². The third kappa shape index (κ3) is 2.69. The monoisotopic (exact) mass is 480 g/mol. The predicted octanol–water partition coefficient (Wildman–Crippen LogP) is 5.85. The fourth-order valence-corrected chi connectivity index (χ4v) is 9.97. The first kappa shape index (κ1) is 23.5. The molecule has 0 bridgehead atoms. The highest BCUT2D eigenvalue weighted by Gasteiger charge is 2.71. The number of hydrogen-bond acceptors (Lipinski definition) is 4. The van der Waals surface area contributed by atoms with Gasteiger partial charge in [-0.3, -0.25) is 4.79 Å². The third-order valence-electron chi connectivity index (χ3n) is 11.8. The van der Waals surface area contributed by atoms with Gasteiger partial charge in [0.05, 0.1) is 17.6 Å². The molecule has 2 saturated heterocycles. The summed E-state index contributed by atoms with van der Waals surface area (Å²) in [5.74, 6) is 1.35. The van der Waals surface area contributed by atoms with E-state index < -0.39 is 5.97 Å². The van der Waals surface area contributed by atoms with E-state index in [0.717, 1.165) is 37.9 Å². The molecule has 2 heterocycles. The van der Waals surface area contributed by atoms with Crippen molar-refractivity contribution in [3.63, 3.8) is 0 Å². The van der Waals surface area contributed by atoms with Gasteiger partial charge in [-0.2, -0.15) is 0 Å². The molecule has 0 aromatic rings. The minimum atomic E-state index is -0.873. The number of carbonyl (C=O) groups is 2. The highest BCUT2D eigenvalue weighted by molar-refractivity contribution is 5.97. The number of aliphatic carboxylic acids is 1. The first-order valence-corrected chi connectivity index (χ1v) is 13.5. The van der Waals surface area contributed by atoms with E-state index in [1.807, 2.05) is 12.2 Å². The number of allylic oxidation sites excluding steroid dienone is 3. The van der Waals surface area contributed by atoms with Crippen LogP contribution < -0.4 is 0 Å². The number of ether oxygens (including phenoxy) is 2. The normalized spacial score (nSPS) is 49.6. The van der Waals surface area contributed by atoms with Gasteiger partial charge < -0.3 is 14.6 Å². The molecule has 5 nitrogen and oxygen atoms in total. The second-order valence-corrected chi connectivity index (χ2v) is 13.7. The Morgan fingerprint density at radius 2 is 1.89 bits per heavy atom. The predicted molar refractivity (Wildman–Crippen MR) is 132 cm³/mol. The van der Waals surface area contributed by atoms with Crippen LogP contribution in [0.25, 0.3) is 0 Å². The molecule has 9 atom stereocenters. The molecule has 0 amide bonds. The first-order valence-electron chi connectivity index (χ1n) is 13.5. The summed E-state index contributed by atoms with van der Waals surface area (Å²) < 4.78 is 13.4. The van der Waals surface area contributed by atoms with E-state index in [0.29, 0.717) is 17.4 Å². The summed E-state index contributed by atoms with van der Waals surface area (Å²) in [4.78, 5) is 24.5. The van der Waals surface area contributed by atoms with E-state index in [1.165, 1.54) is 5.57 Å². The highest BCUT2D eigenvalue weighted by Crippen LogP contribution is 2.75. The molecule has 0 aromatic carbocycles. The quantitative estimate of drug-likeness (QED) is 0.396. The van der Waals surface area contributed by atoms with Gasteiger partial charge in [0.15, 0.2) is 5.78 Å². The lowest BCUT2D eigenvalue weighted by molar-refractivity contribution is -0.133. The molecule has 6 rings (SSSR count). The maximum absolute atomic E-state index is 13.1. The molecule has 35 heavy (non-hydrogen) atoms. The molecule has 2 aliphatic heterocycles. The van der Waals surface area contributed by atoms with Crippen molar-refractivity contribution >= 4 is 11.8 Å². The van der Waals surface area contributed by atoms with Crippen molar-refractivity contribution in [1.82, 2.24) is 0 Å². The Kier molecular flexibility index (Phi) is 4.64. The Morgan fingerprint density at radius 3 is 2.57 bits per heavy atom. The maximum atomic E-state index is 13.1. The maximum Gasteiger partial charge on any atom is 0.331 e. The summed E-state index contributed by atoms with van der Waals surface area (Å²) >= 11 is 0. The van der Waals surface area contributed by atoms with E-state index in [4.69, 9.17) is 9.47 Å². The van der Waals surface area contributed by atoms with Crippen LogP contribution in [0.5, 0.6) is 0 Å². The van der Waals surface area contributed by atoms with Gasteiger partial charge in [0, 0.05) is 17.1 Å². The van der Waals surface area contributed by atoms with Crippen LogP contribution in [0.2, 0.25) is 0 Å². The summed E-state index contributed by atoms with van der Waals surface area (Å²) in [5.41, 5.74) is 2.90. The Bertz CT molecular complexity index is 1130. The molecule has 9 unspecified atom stereocenters. The number of carboxylic acid groups (broad SMARTS) is 1. The third-order valence-corrected chi connectivity index (χ3v) is 11.8. The Labute approximate surface area is 209 Å². The molecular formula is C30H40O5. The van der Waals surface area contributed by atoms with Crippen LogP contribution in [0.15, 0.2) is 34.6 Å². The molecule has 6 aliphatic rings. The van der Waals surface area contributed by atoms with Crippen LogP contribution in [-0.4, -0.2) is 35.2 Å². The largest absolute Gasteiger partial charge is 0.489 e. The van der Waals surface area contributed by atoms with Gasteiger partial charge in [-0.1, -0.05) is 40.2 Å². The van der Waals surface area contributed by atoms with Gasteiger partial charge in [0.1, 0.15) is 11.9 Å². The lowest BCUT2D eigenvalue weighted by atomic mass is 9.44. The van der Waals surface area contributed by atoms with Crippen LogP contribution in [0.3, 0.4) is 0 Å². The van der Waals surface area contributed by atoms with Gasteiger partial charge in [0.25, 0.3) is 0 Å². The lowest BCUT2D eigenvalue weighted by Crippen LogP contribution is -2.54. The molecule has 0 aromatic heterocycles. The van der Waals surface area contributed by atoms with Crippen LogP contribution >= 0.6 is 0 Å². The standard InChI is InChI=1S/C30H40O5/c1-15-10-17(11-16(2)26(32)33)34-19-13-28(5)18-8-9-21-27(3,4)22(31)12-23-30(21,7)25(18)20(35-23)14-29(28,6)24(15)19/h11-12,15,17,19-21,24H,8-10,13-14H2,1-7H3,(H,32,33). The van der Waals surface area contributed by atoms with E-state index in [2.05, 4.69) is 41.5 Å². The van der Waals surface area contributed by atoms with Crippen molar-refractivity contribution < 1.29 is 24.2 Å². The smallest absolute Gasteiger partial charge is 0.331 e. The van der Waals surface area contributed by atoms with Crippen molar-refractivity contribution in [3.8, 4) is 0 Å². The summed E-state index contributed by atoms with van der Waals surface area (Å²) in [7, 11) is 0. The Hall–Kier alpha value is -1.88. The van der Waals surface area contributed by atoms with Crippen LogP contribution in [0.4, 0.5) is 0 Å². The Balaban J connectivity index is 1.44. The summed E-state index contributed by atoms with van der Waals surface area (Å²) in [5, 5.41) is 9.38. The molecule has 3 fully saturated rings. The van der Waals surface area contributed by atoms with Gasteiger partial charge in [-0.25, -0.2) is 4.79 Å². The summed E-state index contributed by atoms with van der Waals surface area (Å²) in [6, 6.07) is 0. The number of carboxylic acids is 1. The van der Waals surface area contributed by atoms with Crippen molar-refractivity contribution in [2.45, 2.75) is 98.9 Å². The average Bonchev–Trinajstić information content (AvgIpc) is 3.15. The van der Waals surface area contributed by atoms with Gasteiger partial charge in [-0.15, -0.1) is 0 Å². The number of hydrogen-bond donors (Lipinski definition) is 1. The SMILES string of the molecule is CC(=CC1CC(C)C2C(CC3(C)C4=C5C(CC23C)OC2=CC(=O)C(C)(C)C(CC4)C25C)O1)C(=O)O. The molecule has 5 heteroatoms. The summed E-state index contributed by atoms with van der Waals surface area (Å²) in [6.07, 6.45) is 8.48. The Morgan fingerprint density at radius 1 is 1.17 bits per heavy atom. The van der Waals surface area contributed by atoms with Gasteiger partial charge in [0.2, 0.25) is 0 Å². The average molecular weight is 481 g/mol.